The molecule has 0 aromatic heterocycles. The van der Waals surface area contributed by atoms with E-state index in [1.165, 1.54) is 6.07 Å². The Morgan fingerprint density at radius 3 is 2.56 bits per heavy atom. The summed E-state index contributed by atoms with van der Waals surface area (Å²) in [5.74, 6) is -3.07. The molecule has 0 aliphatic heterocycles. The quantitative estimate of drug-likeness (QED) is 0.832. The predicted octanol–water partition coefficient (Wildman–Crippen LogP) is 3.12. The molecule has 2 nitrogen and oxygen atoms in total. The van der Waals surface area contributed by atoms with Gasteiger partial charge in [0.05, 0.1) is 11.4 Å². The molecule has 1 aromatic rings. The van der Waals surface area contributed by atoms with Gasteiger partial charge < -0.3 is 5.11 Å². The minimum Gasteiger partial charge on any atom is -0.481 e. The largest absolute Gasteiger partial charge is 0.481 e. The summed E-state index contributed by atoms with van der Waals surface area (Å²) in [6, 6.07) is 2.36. The molecule has 0 amide bonds. The lowest BCUT2D eigenvalue weighted by atomic mass is 9.92. The highest BCUT2D eigenvalue weighted by Crippen LogP contribution is 2.53. The van der Waals surface area contributed by atoms with Crippen molar-refractivity contribution in [2.75, 3.05) is 0 Å². The minimum atomic E-state index is -1.10. The molecule has 16 heavy (non-hydrogen) atoms. The van der Waals surface area contributed by atoms with Crippen LogP contribution in [0.15, 0.2) is 12.1 Å². The van der Waals surface area contributed by atoms with Gasteiger partial charge in [0.1, 0.15) is 0 Å². The van der Waals surface area contributed by atoms with Crippen molar-refractivity contribution in [3.8, 4) is 0 Å². The lowest BCUT2D eigenvalue weighted by Crippen LogP contribution is -2.14. The summed E-state index contributed by atoms with van der Waals surface area (Å²) < 4.78 is 26.1. The summed E-state index contributed by atoms with van der Waals surface area (Å²) in [7, 11) is 0. The fraction of sp³-hybridized carbons (Fsp3) is 0.364. The third-order valence-corrected chi connectivity index (χ3v) is 3.32. The zero-order valence-corrected chi connectivity index (χ0v) is 9.02. The average Bonchev–Trinajstić information content (AvgIpc) is 2.94. The molecule has 0 bridgehead atoms. The maximum atomic E-state index is 13.2. The molecule has 1 fully saturated rings. The van der Waals surface area contributed by atoms with Crippen molar-refractivity contribution >= 4 is 17.6 Å². The van der Waals surface area contributed by atoms with Crippen LogP contribution in [0.4, 0.5) is 8.78 Å². The van der Waals surface area contributed by atoms with Gasteiger partial charge in [0.25, 0.3) is 0 Å². The van der Waals surface area contributed by atoms with Gasteiger partial charge >= 0.3 is 5.97 Å². The first-order chi connectivity index (χ1) is 7.46. The molecule has 0 unspecified atom stereocenters. The number of aliphatic carboxylic acids is 1. The van der Waals surface area contributed by atoms with Crippen molar-refractivity contribution in [2.24, 2.45) is 0 Å². The van der Waals surface area contributed by atoms with Crippen LogP contribution in [0.3, 0.4) is 0 Å². The fourth-order valence-electron chi connectivity index (χ4n) is 1.92. The molecule has 1 aliphatic carbocycles. The Morgan fingerprint density at radius 1 is 1.44 bits per heavy atom. The van der Waals surface area contributed by atoms with Crippen molar-refractivity contribution < 1.29 is 18.7 Å². The van der Waals surface area contributed by atoms with Crippen LogP contribution in [0.2, 0.25) is 5.02 Å². The van der Waals surface area contributed by atoms with Gasteiger partial charge in [0.15, 0.2) is 11.6 Å². The van der Waals surface area contributed by atoms with Gasteiger partial charge in [-0.05, 0) is 24.5 Å². The van der Waals surface area contributed by atoms with Gasteiger partial charge in [-0.25, -0.2) is 8.78 Å². The number of carboxylic acid groups (broad SMARTS) is 1. The number of rotatable bonds is 3. The van der Waals surface area contributed by atoms with Crippen LogP contribution in [-0.2, 0) is 10.2 Å². The van der Waals surface area contributed by atoms with Crippen molar-refractivity contribution in [1.29, 1.82) is 0 Å². The first kappa shape index (κ1) is 11.3. The van der Waals surface area contributed by atoms with Gasteiger partial charge in [-0.1, -0.05) is 17.7 Å². The summed E-state index contributed by atoms with van der Waals surface area (Å²) in [6.07, 6.45) is 1.19. The van der Waals surface area contributed by atoms with Crippen LogP contribution in [-0.4, -0.2) is 11.1 Å². The summed E-state index contributed by atoms with van der Waals surface area (Å²) in [4.78, 5) is 10.7. The Bertz CT molecular complexity index is 456. The topological polar surface area (TPSA) is 37.3 Å². The number of carbonyl (C=O) groups is 1. The molecule has 1 aliphatic rings. The van der Waals surface area contributed by atoms with Crippen LogP contribution in [0.25, 0.3) is 0 Å². The molecule has 86 valence electrons. The van der Waals surface area contributed by atoms with Crippen LogP contribution < -0.4 is 0 Å². The van der Waals surface area contributed by atoms with Gasteiger partial charge in [-0.2, -0.15) is 0 Å². The van der Waals surface area contributed by atoms with Gasteiger partial charge in [0, 0.05) is 5.41 Å². The molecule has 0 radical (unpaired) electrons. The molecule has 5 heteroatoms. The Labute approximate surface area is 95.8 Å². The third-order valence-electron chi connectivity index (χ3n) is 2.95. The van der Waals surface area contributed by atoms with E-state index in [2.05, 4.69) is 0 Å². The van der Waals surface area contributed by atoms with Crippen molar-refractivity contribution in [3.63, 3.8) is 0 Å². The standard InChI is InChI=1S/C11H9ClF2O2/c12-9-6(1-2-7(13)10(9)14)11(3-4-11)5-8(15)16/h1-2H,3-5H2,(H,15,16). The SMILES string of the molecule is O=C(O)CC1(c2ccc(F)c(F)c2Cl)CC1. The molecule has 0 spiro atoms. The number of carboxylic acids is 1. The molecule has 1 N–H and O–H groups in total. The van der Waals surface area contributed by atoms with E-state index >= 15 is 0 Å². The second-order valence-electron chi connectivity index (χ2n) is 4.07. The van der Waals surface area contributed by atoms with E-state index in [4.69, 9.17) is 16.7 Å². The van der Waals surface area contributed by atoms with E-state index < -0.39 is 23.0 Å². The summed E-state index contributed by atoms with van der Waals surface area (Å²) in [6.45, 7) is 0. The van der Waals surface area contributed by atoms with E-state index in [0.717, 1.165) is 6.07 Å². The van der Waals surface area contributed by atoms with Gasteiger partial charge in [-0.15, -0.1) is 0 Å². The van der Waals surface area contributed by atoms with Crippen LogP contribution in [0, 0.1) is 11.6 Å². The first-order valence-electron chi connectivity index (χ1n) is 4.82. The van der Waals surface area contributed by atoms with Crippen molar-refractivity contribution in [2.45, 2.75) is 24.7 Å². The number of hydrogen-bond acceptors (Lipinski definition) is 1. The minimum absolute atomic E-state index is 0.0994. The van der Waals surface area contributed by atoms with Crippen LogP contribution in [0.5, 0.6) is 0 Å². The molecule has 1 saturated carbocycles. The van der Waals surface area contributed by atoms with E-state index in [1.807, 2.05) is 0 Å². The maximum absolute atomic E-state index is 13.2. The zero-order valence-electron chi connectivity index (χ0n) is 8.27. The third kappa shape index (κ3) is 1.78. The highest BCUT2D eigenvalue weighted by molar-refractivity contribution is 6.31. The fourth-order valence-corrected chi connectivity index (χ4v) is 2.27. The molecular formula is C11H9ClF2O2. The Hall–Kier alpha value is -1.16. The van der Waals surface area contributed by atoms with Gasteiger partial charge in [-0.3, -0.25) is 4.79 Å². The van der Waals surface area contributed by atoms with Crippen molar-refractivity contribution in [1.82, 2.24) is 0 Å². The molecular weight excluding hydrogens is 238 g/mol. The lowest BCUT2D eigenvalue weighted by molar-refractivity contribution is -0.137. The summed E-state index contributed by atoms with van der Waals surface area (Å²) >= 11 is 5.70. The molecule has 1 aromatic carbocycles. The number of benzene rings is 1. The Balaban J connectivity index is 2.42. The molecule has 0 atom stereocenters. The second kappa shape index (κ2) is 3.70. The highest BCUT2D eigenvalue weighted by Gasteiger charge is 2.47. The Kier molecular flexibility index (Phi) is 2.62. The van der Waals surface area contributed by atoms with Gasteiger partial charge in [0.2, 0.25) is 0 Å². The highest BCUT2D eigenvalue weighted by atomic mass is 35.5. The van der Waals surface area contributed by atoms with E-state index in [-0.39, 0.29) is 11.4 Å². The number of halogens is 3. The van der Waals surface area contributed by atoms with Crippen molar-refractivity contribution in [3.05, 3.63) is 34.4 Å². The first-order valence-corrected chi connectivity index (χ1v) is 5.20. The average molecular weight is 247 g/mol. The predicted molar refractivity (Wildman–Crippen MR) is 54.5 cm³/mol. The Morgan fingerprint density at radius 2 is 2.06 bits per heavy atom. The summed E-state index contributed by atoms with van der Waals surface area (Å²) in [5, 5.41) is 8.46. The second-order valence-corrected chi connectivity index (χ2v) is 4.45. The van der Waals surface area contributed by atoms with E-state index in [1.54, 1.807) is 0 Å². The monoisotopic (exact) mass is 246 g/mol. The molecule has 2 rings (SSSR count). The zero-order chi connectivity index (χ0) is 11.9. The van der Waals surface area contributed by atoms with E-state index in [9.17, 15) is 13.6 Å². The number of hydrogen-bond donors (Lipinski definition) is 1. The normalized spacial score (nSPS) is 17.2. The molecule has 0 saturated heterocycles. The molecule has 0 heterocycles. The summed E-state index contributed by atoms with van der Waals surface area (Å²) in [5.41, 5.74) is -0.201. The van der Waals surface area contributed by atoms with Crippen LogP contribution in [0.1, 0.15) is 24.8 Å². The smallest absolute Gasteiger partial charge is 0.304 e. The lowest BCUT2D eigenvalue weighted by Gasteiger charge is -2.15. The van der Waals surface area contributed by atoms with E-state index in [0.29, 0.717) is 18.4 Å². The van der Waals surface area contributed by atoms with Crippen LogP contribution >= 0.6 is 11.6 Å². The maximum Gasteiger partial charge on any atom is 0.304 e.